The first-order valence-corrected chi connectivity index (χ1v) is 8.90. The molecule has 6 heteroatoms. The van der Waals surface area contributed by atoms with Gasteiger partial charge in [-0.2, -0.15) is 0 Å². The van der Waals surface area contributed by atoms with Gasteiger partial charge in [0.05, 0.1) is 11.0 Å². The molecule has 0 saturated heterocycles. The van der Waals surface area contributed by atoms with E-state index in [1.807, 2.05) is 59.1 Å². The van der Waals surface area contributed by atoms with Crippen molar-refractivity contribution in [2.75, 3.05) is 5.32 Å². The number of hydrogen-bond acceptors (Lipinski definition) is 3. The minimum absolute atomic E-state index is 0.101. The van der Waals surface area contributed by atoms with Gasteiger partial charge in [0.2, 0.25) is 11.6 Å². The maximum Gasteiger partial charge on any atom is 0.292 e. The molecule has 0 spiro atoms. The van der Waals surface area contributed by atoms with Crippen LogP contribution in [0.3, 0.4) is 0 Å². The molecule has 0 saturated carbocycles. The molecule has 136 valence electrons. The van der Waals surface area contributed by atoms with Crippen LogP contribution in [0.2, 0.25) is 0 Å². The van der Waals surface area contributed by atoms with Gasteiger partial charge in [-0.25, -0.2) is 4.98 Å². The molecule has 0 bridgehead atoms. The van der Waals surface area contributed by atoms with E-state index in [1.165, 1.54) is 6.92 Å². The Bertz CT molecular complexity index is 1480. The fraction of sp³-hybridized carbons (Fsp3) is 0.0455. The minimum atomic E-state index is -0.209. The van der Waals surface area contributed by atoms with Crippen molar-refractivity contribution >= 4 is 45.1 Å². The molecular formula is C22H16N4O2. The molecule has 28 heavy (non-hydrogen) atoms. The number of fused-ring (bicyclic) bond motifs is 5. The van der Waals surface area contributed by atoms with E-state index in [0.29, 0.717) is 5.65 Å². The largest absolute Gasteiger partial charge is 0.326 e. The Hall–Kier alpha value is -3.93. The molecule has 0 unspecified atom stereocenters. The summed E-state index contributed by atoms with van der Waals surface area (Å²) in [4.78, 5) is 30.8. The van der Waals surface area contributed by atoms with Crippen molar-refractivity contribution in [2.24, 2.45) is 0 Å². The van der Waals surface area contributed by atoms with Crippen molar-refractivity contribution in [3.8, 4) is 0 Å². The zero-order valence-electron chi connectivity index (χ0n) is 15.1. The Morgan fingerprint density at radius 3 is 2.61 bits per heavy atom. The van der Waals surface area contributed by atoms with Gasteiger partial charge in [-0.1, -0.05) is 36.4 Å². The number of carbonyl (C=O) groups excluding carboxylic acids is 1. The molecule has 2 heterocycles. The van der Waals surface area contributed by atoms with Crippen LogP contribution in [0.4, 0.5) is 5.69 Å². The Morgan fingerprint density at radius 2 is 1.86 bits per heavy atom. The highest BCUT2D eigenvalue weighted by molar-refractivity contribution is 6.10. The average molecular weight is 368 g/mol. The van der Waals surface area contributed by atoms with E-state index in [4.69, 9.17) is 0 Å². The normalized spacial score (nSPS) is 12.2. The SMILES string of the molecule is CC(=O)Nc1ccc(C=c2c3ccccc3c3[nH]c(=O)c4nccn4c23)cc1. The zero-order chi connectivity index (χ0) is 19.3. The topological polar surface area (TPSA) is 79.3 Å². The Balaban J connectivity index is 1.85. The molecule has 0 aliphatic carbocycles. The van der Waals surface area contributed by atoms with Gasteiger partial charge in [0.1, 0.15) is 0 Å². The number of aromatic nitrogens is 3. The number of nitrogens with zero attached hydrogens (tertiary/aromatic N) is 2. The third-order valence-corrected chi connectivity index (χ3v) is 4.84. The third kappa shape index (κ3) is 2.46. The minimum Gasteiger partial charge on any atom is -0.326 e. The summed E-state index contributed by atoms with van der Waals surface area (Å²) in [6, 6.07) is 15.7. The van der Waals surface area contributed by atoms with Crippen LogP contribution < -0.4 is 16.1 Å². The van der Waals surface area contributed by atoms with Crippen LogP contribution in [0, 0.1) is 0 Å². The fourth-order valence-corrected chi connectivity index (χ4v) is 3.70. The molecular weight excluding hydrogens is 352 g/mol. The summed E-state index contributed by atoms with van der Waals surface area (Å²) in [5.41, 5.74) is 3.62. The highest BCUT2D eigenvalue weighted by Gasteiger charge is 2.13. The first-order valence-electron chi connectivity index (χ1n) is 8.90. The van der Waals surface area contributed by atoms with Gasteiger partial charge in [-0.3, -0.25) is 14.0 Å². The fourth-order valence-electron chi connectivity index (χ4n) is 3.70. The molecule has 6 nitrogen and oxygen atoms in total. The van der Waals surface area contributed by atoms with Crippen molar-refractivity contribution in [3.05, 3.63) is 82.1 Å². The smallest absolute Gasteiger partial charge is 0.292 e. The lowest BCUT2D eigenvalue weighted by Crippen LogP contribution is -2.13. The van der Waals surface area contributed by atoms with Gasteiger partial charge in [0.15, 0.2) is 0 Å². The average Bonchev–Trinajstić information content (AvgIpc) is 3.28. The van der Waals surface area contributed by atoms with E-state index >= 15 is 0 Å². The van der Waals surface area contributed by atoms with Crippen molar-refractivity contribution in [1.82, 2.24) is 14.4 Å². The third-order valence-electron chi connectivity index (χ3n) is 4.84. The maximum absolute atomic E-state index is 12.4. The molecule has 3 aromatic carbocycles. The first kappa shape index (κ1) is 16.3. The van der Waals surface area contributed by atoms with Crippen LogP contribution in [0.1, 0.15) is 12.5 Å². The van der Waals surface area contributed by atoms with Crippen molar-refractivity contribution in [1.29, 1.82) is 0 Å². The summed E-state index contributed by atoms with van der Waals surface area (Å²) in [6.45, 7) is 1.49. The van der Waals surface area contributed by atoms with Gasteiger partial charge in [0.25, 0.3) is 5.56 Å². The highest BCUT2D eigenvalue weighted by Crippen LogP contribution is 2.22. The lowest BCUT2D eigenvalue weighted by atomic mass is 10.1. The summed E-state index contributed by atoms with van der Waals surface area (Å²) in [5, 5.41) is 5.83. The number of aromatic amines is 1. The molecule has 0 radical (unpaired) electrons. The number of H-pyrrole nitrogens is 1. The number of carbonyl (C=O) groups is 1. The second kappa shape index (κ2) is 6.06. The lowest BCUT2D eigenvalue weighted by molar-refractivity contribution is -0.114. The molecule has 5 rings (SSSR count). The summed E-state index contributed by atoms with van der Waals surface area (Å²) in [6.07, 6.45) is 5.52. The molecule has 0 fully saturated rings. The van der Waals surface area contributed by atoms with Crippen molar-refractivity contribution in [2.45, 2.75) is 6.92 Å². The van der Waals surface area contributed by atoms with Gasteiger partial charge in [0, 0.05) is 35.6 Å². The van der Waals surface area contributed by atoms with E-state index in [2.05, 4.69) is 21.4 Å². The van der Waals surface area contributed by atoms with Gasteiger partial charge in [-0.15, -0.1) is 0 Å². The van der Waals surface area contributed by atoms with Crippen molar-refractivity contribution < 1.29 is 4.79 Å². The summed E-state index contributed by atoms with van der Waals surface area (Å²) in [7, 11) is 0. The quantitative estimate of drug-likeness (QED) is 0.503. The van der Waals surface area contributed by atoms with Gasteiger partial charge < -0.3 is 10.3 Å². The lowest BCUT2D eigenvalue weighted by Gasteiger charge is -2.02. The van der Waals surface area contributed by atoms with E-state index < -0.39 is 0 Å². The van der Waals surface area contributed by atoms with Crippen LogP contribution in [-0.4, -0.2) is 20.3 Å². The Kier molecular flexibility index (Phi) is 3.52. The van der Waals surface area contributed by atoms with Crippen LogP contribution in [0.25, 0.3) is 33.5 Å². The summed E-state index contributed by atoms with van der Waals surface area (Å²) in [5.74, 6) is -0.101. The van der Waals surface area contributed by atoms with E-state index in [9.17, 15) is 9.59 Å². The Labute approximate surface area is 159 Å². The van der Waals surface area contributed by atoms with E-state index in [0.717, 1.165) is 38.3 Å². The number of hydrogen-bond donors (Lipinski definition) is 2. The van der Waals surface area contributed by atoms with E-state index in [1.54, 1.807) is 6.20 Å². The summed E-state index contributed by atoms with van der Waals surface area (Å²) < 4.78 is 1.84. The number of rotatable bonds is 2. The molecule has 0 atom stereocenters. The van der Waals surface area contributed by atoms with Crippen LogP contribution in [0.5, 0.6) is 0 Å². The molecule has 0 aliphatic rings. The summed E-state index contributed by atoms with van der Waals surface area (Å²) >= 11 is 0. The van der Waals surface area contributed by atoms with Crippen LogP contribution in [0.15, 0.2) is 65.7 Å². The number of amides is 1. The molecule has 0 aliphatic heterocycles. The first-order chi connectivity index (χ1) is 13.6. The van der Waals surface area contributed by atoms with Crippen LogP contribution in [-0.2, 0) is 4.79 Å². The second-order valence-electron chi connectivity index (χ2n) is 6.71. The van der Waals surface area contributed by atoms with Gasteiger partial charge >= 0.3 is 0 Å². The predicted molar refractivity (Wildman–Crippen MR) is 110 cm³/mol. The number of imidazole rings is 1. The maximum atomic E-state index is 12.4. The molecule has 1 amide bonds. The zero-order valence-corrected chi connectivity index (χ0v) is 15.1. The van der Waals surface area contributed by atoms with Gasteiger partial charge in [-0.05, 0) is 29.2 Å². The number of anilines is 1. The number of nitrogens with one attached hydrogen (secondary N) is 2. The molecule has 2 aromatic heterocycles. The molecule has 2 N–H and O–H groups in total. The Morgan fingerprint density at radius 1 is 1.11 bits per heavy atom. The van der Waals surface area contributed by atoms with Crippen molar-refractivity contribution in [3.63, 3.8) is 0 Å². The predicted octanol–water partition coefficient (Wildman–Crippen LogP) is 2.84. The van der Waals surface area contributed by atoms with E-state index in [-0.39, 0.29) is 11.5 Å². The highest BCUT2D eigenvalue weighted by atomic mass is 16.1. The van der Waals surface area contributed by atoms with Crippen LogP contribution >= 0.6 is 0 Å². The monoisotopic (exact) mass is 368 g/mol. The molecule has 5 aromatic rings. The second-order valence-corrected chi connectivity index (χ2v) is 6.71. The standard InChI is InChI=1S/C22H16N4O2/c1-13(27)24-15-8-6-14(7-9-15)12-18-16-4-2-3-5-17(16)19-20(18)26-11-10-23-21(26)22(28)25-19/h2-12H,1H3,(H,24,27)(H,25,28). The number of benzene rings is 2.